The van der Waals surface area contributed by atoms with Crippen LogP contribution in [0.4, 0.5) is 4.39 Å². The van der Waals surface area contributed by atoms with E-state index in [0.717, 1.165) is 6.07 Å². The topological polar surface area (TPSA) is 96.6 Å². The molecule has 0 aliphatic heterocycles. The summed E-state index contributed by atoms with van der Waals surface area (Å²) in [5.41, 5.74) is -0.118. The van der Waals surface area contributed by atoms with Gasteiger partial charge in [-0.05, 0) is 6.92 Å². The number of carbonyl (C=O) groups excluding carboxylic acids is 2. The maximum Gasteiger partial charge on any atom is 0.380 e. The molecule has 0 aliphatic rings. The lowest BCUT2D eigenvalue weighted by Crippen LogP contribution is -2.32. The zero-order valence-corrected chi connectivity index (χ0v) is 9.95. The molecule has 0 saturated carbocycles. The van der Waals surface area contributed by atoms with Crippen molar-refractivity contribution in [2.75, 3.05) is 5.88 Å². The van der Waals surface area contributed by atoms with Crippen molar-refractivity contribution in [2.24, 2.45) is 0 Å². The monoisotopic (exact) mass is 277 g/mol. The molecule has 0 saturated heterocycles. The van der Waals surface area contributed by atoms with Crippen molar-refractivity contribution in [3.63, 3.8) is 0 Å². The van der Waals surface area contributed by atoms with Crippen molar-refractivity contribution >= 4 is 29.3 Å². The molecule has 1 unspecified atom stereocenters. The standard InChI is InChI=1S/C10H9ClFNO5/c1-4-5(9(15)13-7(12)3-11)2-6(18-4)8(14)10(16)17/h2,7H,3H2,1H3,(H,13,15)(H,16,17). The van der Waals surface area contributed by atoms with Crippen LogP contribution in [0.5, 0.6) is 0 Å². The van der Waals surface area contributed by atoms with Crippen molar-refractivity contribution in [3.8, 4) is 0 Å². The molecule has 1 aromatic rings. The molecule has 1 atom stereocenters. The van der Waals surface area contributed by atoms with E-state index in [4.69, 9.17) is 21.1 Å². The van der Waals surface area contributed by atoms with Crippen molar-refractivity contribution < 1.29 is 28.3 Å². The average Bonchev–Trinajstić information content (AvgIpc) is 2.69. The third kappa shape index (κ3) is 3.07. The van der Waals surface area contributed by atoms with E-state index in [9.17, 15) is 18.8 Å². The van der Waals surface area contributed by atoms with E-state index in [1.54, 1.807) is 0 Å². The zero-order chi connectivity index (χ0) is 13.9. The molecule has 0 fully saturated rings. The Kier molecular flexibility index (Phi) is 4.43. The van der Waals surface area contributed by atoms with Gasteiger partial charge in [0.1, 0.15) is 5.76 Å². The molecule has 1 aromatic heterocycles. The smallest absolute Gasteiger partial charge is 0.380 e. The number of Topliss-reactive ketones (excluding diaryl/α,β-unsaturated/α-hetero) is 1. The summed E-state index contributed by atoms with van der Waals surface area (Å²) >= 11 is 5.18. The lowest BCUT2D eigenvalue weighted by atomic mass is 10.2. The molecule has 98 valence electrons. The van der Waals surface area contributed by atoms with Crippen LogP contribution in [-0.4, -0.2) is 34.9 Å². The summed E-state index contributed by atoms with van der Waals surface area (Å²) in [4.78, 5) is 33.0. The van der Waals surface area contributed by atoms with E-state index in [-0.39, 0.29) is 11.3 Å². The van der Waals surface area contributed by atoms with Crippen LogP contribution in [0.1, 0.15) is 26.7 Å². The highest BCUT2D eigenvalue weighted by Gasteiger charge is 2.24. The number of furan rings is 1. The second-order valence-electron chi connectivity index (χ2n) is 3.31. The van der Waals surface area contributed by atoms with E-state index in [0.29, 0.717) is 0 Å². The van der Waals surface area contributed by atoms with E-state index < -0.39 is 35.6 Å². The molecule has 0 radical (unpaired) electrons. The van der Waals surface area contributed by atoms with Gasteiger partial charge in [-0.1, -0.05) is 0 Å². The number of aliphatic carboxylic acids is 1. The predicted octanol–water partition coefficient (Wildman–Crippen LogP) is 1.12. The van der Waals surface area contributed by atoms with Crippen LogP contribution in [-0.2, 0) is 4.79 Å². The highest BCUT2D eigenvalue weighted by molar-refractivity contribution is 6.39. The quantitative estimate of drug-likeness (QED) is 0.364. The number of hydrogen-bond donors (Lipinski definition) is 2. The van der Waals surface area contributed by atoms with Gasteiger partial charge in [-0.3, -0.25) is 9.59 Å². The number of amides is 1. The van der Waals surface area contributed by atoms with Crippen LogP contribution >= 0.6 is 11.6 Å². The van der Waals surface area contributed by atoms with E-state index in [1.807, 2.05) is 5.32 Å². The van der Waals surface area contributed by atoms with Crippen LogP contribution in [0.3, 0.4) is 0 Å². The largest absolute Gasteiger partial charge is 0.475 e. The Balaban J connectivity index is 2.95. The Labute approximate surface area is 106 Å². The molecule has 1 rings (SSSR count). The highest BCUT2D eigenvalue weighted by Crippen LogP contribution is 2.15. The Bertz CT molecular complexity index is 498. The summed E-state index contributed by atoms with van der Waals surface area (Å²) in [5.74, 6) is -4.74. The number of alkyl halides is 2. The molecule has 1 heterocycles. The van der Waals surface area contributed by atoms with Gasteiger partial charge in [0.05, 0.1) is 11.4 Å². The number of carboxylic acid groups (broad SMARTS) is 1. The molecule has 0 aromatic carbocycles. The van der Waals surface area contributed by atoms with Crippen molar-refractivity contribution in [1.29, 1.82) is 0 Å². The maximum absolute atomic E-state index is 12.8. The summed E-state index contributed by atoms with van der Waals surface area (Å²) in [6.45, 7) is 1.35. The second kappa shape index (κ2) is 5.63. The number of rotatable bonds is 5. The van der Waals surface area contributed by atoms with E-state index in [2.05, 4.69) is 0 Å². The molecular weight excluding hydrogens is 269 g/mol. The van der Waals surface area contributed by atoms with Crippen molar-refractivity contribution in [1.82, 2.24) is 5.32 Å². The van der Waals surface area contributed by atoms with Gasteiger partial charge in [-0.15, -0.1) is 11.6 Å². The first kappa shape index (κ1) is 14.2. The van der Waals surface area contributed by atoms with Gasteiger partial charge in [0.25, 0.3) is 5.91 Å². The number of aryl methyl sites for hydroxylation is 1. The van der Waals surface area contributed by atoms with E-state index in [1.165, 1.54) is 6.92 Å². The fourth-order valence-corrected chi connectivity index (χ4v) is 1.26. The number of carbonyl (C=O) groups is 3. The summed E-state index contributed by atoms with van der Waals surface area (Å²) in [6.07, 6.45) is -1.74. The Morgan fingerprint density at radius 1 is 1.56 bits per heavy atom. The van der Waals surface area contributed by atoms with Crippen LogP contribution in [0.2, 0.25) is 0 Å². The molecule has 1 amide bonds. The first-order valence-electron chi connectivity index (χ1n) is 4.75. The van der Waals surface area contributed by atoms with Crippen LogP contribution in [0.15, 0.2) is 10.5 Å². The molecule has 18 heavy (non-hydrogen) atoms. The number of ketones is 1. The summed E-state index contributed by atoms with van der Waals surface area (Å²) in [6, 6.07) is 0.946. The summed E-state index contributed by atoms with van der Waals surface area (Å²) in [7, 11) is 0. The minimum absolute atomic E-state index is 0.0128. The fourth-order valence-electron chi connectivity index (χ4n) is 1.18. The number of nitrogens with one attached hydrogen (secondary N) is 1. The minimum Gasteiger partial charge on any atom is -0.475 e. The molecule has 6 nitrogen and oxygen atoms in total. The highest BCUT2D eigenvalue weighted by atomic mass is 35.5. The lowest BCUT2D eigenvalue weighted by molar-refractivity contribution is -0.131. The number of hydrogen-bond acceptors (Lipinski definition) is 4. The second-order valence-corrected chi connectivity index (χ2v) is 3.62. The first-order chi connectivity index (χ1) is 8.36. The van der Waals surface area contributed by atoms with Gasteiger partial charge in [0.15, 0.2) is 12.1 Å². The average molecular weight is 278 g/mol. The van der Waals surface area contributed by atoms with Crippen molar-refractivity contribution in [2.45, 2.75) is 13.2 Å². The van der Waals surface area contributed by atoms with Gasteiger partial charge in [-0.25, -0.2) is 9.18 Å². The molecule has 0 spiro atoms. The van der Waals surface area contributed by atoms with Gasteiger partial charge < -0.3 is 14.8 Å². The SMILES string of the molecule is Cc1oc(C(=O)C(=O)O)cc1C(=O)NC(F)CCl. The molecule has 8 heteroatoms. The predicted molar refractivity (Wildman–Crippen MR) is 58.5 cm³/mol. The zero-order valence-electron chi connectivity index (χ0n) is 9.20. The van der Waals surface area contributed by atoms with Gasteiger partial charge in [0, 0.05) is 6.07 Å². The molecule has 0 bridgehead atoms. The number of carboxylic acids is 1. The van der Waals surface area contributed by atoms with Crippen molar-refractivity contribution in [3.05, 3.63) is 23.2 Å². The molecule has 2 N–H and O–H groups in total. The normalized spacial score (nSPS) is 11.9. The Morgan fingerprint density at radius 2 is 2.17 bits per heavy atom. The Morgan fingerprint density at radius 3 is 2.67 bits per heavy atom. The van der Waals surface area contributed by atoms with Gasteiger partial charge in [0.2, 0.25) is 0 Å². The third-order valence-corrected chi connectivity index (χ3v) is 2.27. The lowest BCUT2D eigenvalue weighted by Gasteiger charge is -2.05. The van der Waals surface area contributed by atoms with Gasteiger partial charge >= 0.3 is 11.8 Å². The molecular formula is C10H9ClFNO5. The summed E-state index contributed by atoms with van der Waals surface area (Å²) in [5, 5.41) is 10.4. The first-order valence-corrected chi connectivity index (χ1v) is 5.29. The number of halogens is 2. The maximum atomic E-state index is 12.8. The Hall–Kier alpha value is -1.89. The fraction of sp³-hybridized carbons (Fsp3) is 0.300. The molecule has 0 aliphatic carbocycles. The summed E-state index contributed by atoms with van der Waals surface area (Å²) < 4.78 is 17.7. The van der Waals surface area contributed by atoms with Crippen LogP contribution in [0.25, 0.3) is 0 Å². The van der Waals surface area contributed by atoms with Crippen LogP contribution in [0, 0.1) is 6.92 Å². The van der Waals surface area contributed by atoms with E-state index >= 15 is 0 Å². The third-order valence-electron chi connectivity index (χ3n) is 2.00. The van der Waals surface area contributed by atoms with Crippen LogP contribution < -0.4 is 5.32 Å². The minimum atomic E-state index is -1.74. The van der Waals surface area contributed by atoms with Gasteiger partial charge in [-0.2, -0.15) is 0 Å².